The first-order valence-corrected chi connectivity index (χ1v) is 6.74. The fourth-order valence-electron chi connectivity index (χ4n) is 2.11. The van der Waals surface area contributed by atoms with Gasteiger partial charge in [0.1, 0.15) is 0 Å². The molecule has 0 aliphatic heterocycles. The van der Waals surface area contributed by atoms with Gasteiger partial charge in [-0.1, -0.05) is 27.7 Å². The van der Waals surface area contributed by atoms with Gasteiger partial charge in [-0.2, -0.15) is 0 Å². The molecule has 1 amide bonds. The van der Waals surface area contributed by atoms with Crippen molar-refractivity contribution in [3.8, 4) is 0 Å². The van der Waals surface area contributed by atoms with Crippen LogP contribution in [0.1, 0.15) is 47.0 Å². The number of hydrogen-bond donors (Lipinski definition) is 2. The number of carbonyl (C=O) groups is 2. The van der Waals surface area contributed by atoms with Crippen LogP contribution in [0.2, 0.25) is 0 Å². The number of rotatable bonds is 5. The fourth-order valence-corrected chi connectivity index (χ4v) is 2.11. The van der Waals surface area contributed by atoms with E-state index in [1.165, 1.54) is 0 Å². The number of amides is 1. The minimum atomic E-state index is -0.771. The van der Waals surface area contributed by atoms with Crippen LogP contribution in [0.15, 0.2) is 0 Å². The predicted octanol–water partition coefficient (Wildman–Crippen LogP) is 2.29. The van der Waals surface area contributed by atoms with Crippen molar-refractivity contribution in [2.75, 3.05) is 6.54 Å². The van der Waals surface area contributed by atoms with Gasteiger partial charge < -0.3 is 10.4 Å². The van der Waals surface area contributed by atoms with E-state index in [2.05, 4.69) is 33.0 Å². The molecule has 0 spiro atoms. The lowest BCUT2D eigenvalue weighted by Gasteiger charge is -2.29. The van der Waals surface area contributed by atoms with E-state index in [4.69, 9.17) is 5.11 Å². The third-order valence-corrected chi connectivity index (χ3v) is 4.43. The number of nitrogens with one attached hydrogen (secondary N) is 1. The molecule has 0 unspecified atom stereocenters. The Balaban J connectivity index is 2.41. The first-order valence-electron chi connectivity index (χ1n) is 6.74. The summed E-state index contributed by atoms with van der Waals surface area (Å²) in [6.07, 6.45) is 1.81. The maximum Gasteiger partial charge on any atom is 0.306 e. The summed E-state index contributed by atoms with van der Waals surface area (Å²) < 4.78 is 0. The lowest BCUT2D eigenvalue weighted by Crippen LogP contribution is -2.39. The molecule has 2 N–H and O–H groups in total. The number of carboxylic acid groups (broad SMARTS) is 1. The third-order valence-electron chi connectivity index (χ3n) is 4.43. The summed E-state index contributed by atoms with van der Waals surface area (Å²) in [6.45, 7) is 9.20. The van der Waals surface area contributed by atoms with E-state index in [1.807, 2.05) is 0 Å². The Bertz CT molecular complexity index is 323. The Hall–Kier alpha value is -1.06. The molecule has 0 radical (unpaired) electrons. The van der Waals surface area contributed by atoms with Crippen molar-refractivity contribution in [1.29, 1.82) is 0 Å². The topological polar surface area (TPSA) is 66.4 Å². The molecule has 2 atom stereocenters. The number of aliphatic carboxylic acids is 1. The highest BCUT2D eigenvalue weighted by atomic mass is 16.4. The average Bonchev–Trinajstić information content (AvgIpc) is 2.75. The number of hydrogen-bond acceptors (Lipinski definition) is 2. The SMILES string of the molecule is CC(C)C(C)(C)CNC(=O)[C@@H]1CC[C@H](C(=O)O)C1. The smallest absolute Gasteiger partial charge is 0.306 e. The highest BCUT2D eigenvalue weighted by Crippen LogP contribution is 2.31. The average molecular weight is 255 g/mol. The van der Waals surface area contributed by atoms with Gasteiger partial charge in [-0.05, 0) is 30.6 Å². The fraction of sp³-hybridized carbons (Fsp3) is 0.857. The van der Waals surface area contributed by atoms with Crippen molar-refractivity contribution in [2.24, 2.45) is 23.2 Å². The molecule has 4 nitrogen and oxygen atoms in total. The zero-order valence-corrected chi connectivity index (χ0v) is 11.8. The van der Waals surface area contributed by atoms with Gasteiger partial charge >= 0.3 is 5.97 Å². The maximum atomic E-state index is 12.0. The van der Waals surface area contributed by atoms with Crippen LogP contribution < -0.4 is 5.32 Å². The Labute approximate surface area is 109 Å². The van der Waals surface area contributed by atoms with E-state index in [0.29, 0.717) is 31.7 Å². The predicted molar refractivity (Wildman–Crippen MR) is 70.1 cm³/mol. The third kappa shape index (κ3) is 3.72. The van der Waals surface area contributed by atoms with Crippen molar-refractivity contribution in [3.05, 3.63) is 0 Å². The molecular weight excluding hydrogens is 230 g/mol. The van der Waals surface area contributed by atoms with Gasteiger partial charge in [-0.25, -0.2) is 0 Å². The van der Waals surface area contributed by atoms with Crippen LogP contribution in [-0.4, -0.2) is 23.5 Å². The van der Waals surface area contributed by atoms with Crippen molar-refractivity contribution in [2.45, 2.75) is 47.0 Å². The van der Waals surface area contributed by atoms with Gasteiger partial charge in [0, 0.05) is 12.5 Å². The molecule has 0 saturated heterocycles. The van der Waals surface area contributed by atoms with E-state index in [-0.39, 0.29) is 23.2 Å². The van der Waals surface area contributed by atoms with Crippen molar-refractivity contribution >= 4 is 11.9 Å². The van der Waals surface area contributed by atoms with Gasteiger partial charge in [-0.3, -0.25) is 9.59 Å². The largest absolute Gasteiger partial charge is 0.481 e. The summed E-state index contributed by atoms with van der Waals surface area (Å²) in [7, 11) is 0. The molecular formula is C14H25NO3. The molecule has 1 aliphatic rings. The summed E-state index contributed by atoms with van der Waals surface area (Å²) in [5.41, 5.74) is 0.0699. The van der Waals surface area contributed by atoms with E-state index < -0.39 is 5.97 Å². The van der Waals surface area contributed by atoms with Crippen LogP contribution in [0.3, 0.4) is 0 Å². The standard InChI is InChI=1S/C14H25NO3/c1-9(2)14(3,4)8-15-12(16)10-5-6-11(7-10)13(17)18/h9-11H,5-8H2,1-4H3,(H,15,16)(H,17,18)/t10-,11+/m1/s1. The summed E-state index contributed by atoms with van der Waals surface area (Å²) in [5, 5.41) is 11.9. The molecule has 0 bridgehead atoms. The van der Waals surface area contributed by atoms with Crippen LogP contribution in [0, 0.1) is 23.2 Å². The Morgan fingerprint density at radius 3 is 2.28 bits per heavy atom. The first-order chi connectivity index (χ1) is 8.24. The van der Waals surface area contributed by atoms with E-state index in [0.717, 1.165) is 0 Å². The zero-order chi connectivity index (χ0) is 13.9. The highest BCUT2D eigenvalue weighted by Gasteiger charge is 2.34. The van der Waals surface area contributed by atoms with Crippen LogP contribution in [0.5, 0.6) is 0 Å². The molecule has 0 aromatic heterocycles. The number of carbonyl (C=O) groups excluding carboxylic acids is 1. The zero-order valence-electron chi connectivity index (χ0n) is 11.8. The molecule has 1 fully saturated rings. The molecule has 0 heterocycles. The normalized spacial score (nSPS) is 24.3. The van der Waals surface area contributed by atoms with Crippen molar-refractivity contribution in [1.82, 2.24) is 5.32 Å². The van der Waals surface area contributed by atoms with Gasteiger partial charge in [-0.15, -0.1) is 0 Å². The second-order valence-electron chi connectivity index (χ2n) is 6.41. The minimum Gasteiger partial charge on any atom is -0.481 e. The molecule has 18 heavy (non-hydrogen) atoms. The quantitative estimate of drug-likeness (QED) is 0.792. The monoisotopic (exact) mass is 255 g/mol. The van der Waals surface area contributed by atoms with Gasteiger partial charge in [0.15, 0.2) is 0 Å². The molecule has 1 aliphatic carbocycles. The Kier molecular flexibility index (Phi) is 4.77. The second kappa shape index (κ2) is 5.72. The first kappa shape index (κ1) is 15.0. The molecule has 104 valence electrons. The Morgan fingerprint density at radius 1 is 1.28 bits per heavy atom. The van der Waals surface area contributed by atoms with Gasteiger partial charge in [0.25, 0.3) is 0 Å². The molecule has 0 aromatic rings. The maximum absolute atomic E-state index is 12.0. The van der Waals surface area contributed by atoms with Crippen LogP contribution >= 0.6 is 0 Å². The van der Waals surface area contributed by atoms with E-state index in [1.54, 1.807) is 0 Å². The molecule has 0 aromatic carbocycles. The molecule has 4 heteroatoms. The summed E-state index contributed by atoms with van der Waals surface area (Å²) in [4.78, 5) is 22.8. The van der Waals surface area contributed by atoms with Crippen LogP contribution in [0.4, 0.5) is 0 Å². The highest BCUT2D eigenvalue weighted by molar-refractivity contribution is 5.80. The van der Waals surface area contributed by atoms with Gasteiger partial charge in [0.05, 0.1) is 5.92 Å². The second-order valence-corrected chi connectivity index (χ2v) is 6.41. The summed E-state index contributed by atoms with van der Waals surface area (Å²) in [5.74, 6) is -0.707. The molecule has 1 rings (SSSR count). The van der Waals surface area contributed by atoms with Gasteiger partial charge in [0.2, 0.25) is 5.91 Å². The van der Waals surface area contributed by atoms with E-state index in [9.17, 15) is 9.59 Å². The minimum absolute atomic E-state index is 0.0208. The van der Waals surface area contributed by atoms with Crippen LogP contribution in [0.25, 0.3) is 0 Å². The Morgan fingerprint density at radius 2 is 1.83 bits per heavy atom. The van der Waals surface area contributed by atoms with Crippen molar-refractivity contribution < 1.29 is 14.7 Å². The number of carboxylic acids is 1. The molecule has 1 saturated carbocycles. The van der Waals surface area contributed by atoms with E-state index >= 15 is 0 Å². The summed E-state index contributed by atoms with van der Waals surface area (Å²) in [6, 6.07) is 0. The van der Waals surface area contributed by atoms with Crippen LogP contribution in [-0.2, 0) is 9.59 Å². The lowest BCUT2D eigenvalue weighted by molar-refractivity contribution is -0.141. The lowest BCUT2D eigenvalue weighted by atomic mass is 9.81. The summed E-state index contributed by atoms with van der Waals surface area (Å²) >= 11 is 0. The van der Waals surface area contributed by atoms with Crippen molar-refractivity contribution in [3.63, 3.8) is 0 Å².